The Kier molecular flexibility index (Phi) is 5.82. The monoisotopic (exact) mass is 203 g/mol. The maximum Gasteiger partial charge on any atom is 0.321 e. The molecular formula is C8H17N3O3. The molecule has 82 valence electrons. The van der Waals surface area contributed by atoms with E-state index in [-0.39, 0.29) is 12.3 Å². The number of carboxylic acid groups (broad SMARTS) is 1. The van der Waals surface area contributed by atoms with E-state index in [0.29, 0.717) is 13.1 Å². The molecule has 4 N–H and O–H groups in total. The summed E-state index contributed by atoms with van der Waals surface area (Å²) >= 11 is 0. The van der Waals surface area contributed by atoms with Gasteiger partial charge in [-0.15, -0.1) is 0 Å². The molecule has 6 heteroatoms. The first kappa shape index (κ1) is 12.9. The number of hydrogen-bond acceptors (Lipinski definition) is 4. The predicted octanol–water partition coefficient (Wildman–Crippen LogP) is -1.53. The molecule has 1 atom stereocenters. The molecule has 14 heavy (non-hydrogen) atoms. The summed E-state index contributed by atoms with van der Waals surface area (Å²) in [6, 6.07) is -1.12. The third-order valence-electron chi connectivity index (χ3n) is 1.60. The molecule has 0 rings (SSSR count). The highest BCUT2D eigenvalue weighted by Gasteiger charge is 2.15. The van der Waals surface area contributed by atoms with Crippen molar-refractivity contribution in [1.29, 1.82) is 0 Å². The average Bonchev–Trinajstić information content (AvgIpc) is 2.02. The fourth-order valence-electron chi connectivity index (χ4n) is 0.778. The van der Waals surface area contributed by atoms with Crippen LogP contribution in [0, 0.1) is 0 Å². The lowest BCUT2D eigenvalue weighted by molar-refractivity contribution is -0.140. The molecule has 0 spiro atoms. The maximum atomic E-state index is 11.1. The van der Waals surface area contributed by atoms with Crippen molar-refractivity contribution in [3.05, 3.63) is 0 Å². The zero-order chi connectivity index (χ0) is 11.1. The summed E-state index contributed by atoms with van der Waals surface area (Å²) in [7, 11) is 3.77. The summed E-state index contributed by atoms with van der Waals surface area (Å²) < 4.78 is 0. The van der Waals surface area contributed by atoms with Crippen molar-refractivity contribution < 1.29 is 14.7 Å². The van der Waals surface area contributed by atoms with Crippen LogP contribution in [-0.2, 0) is 9.59 Å². The smallest absolute Gasteiger partial charge is 0.321 e. The number of nitrogens with two attached hydrogens (primary N) is 1. The van der Waals surface area contributed by atoms with Crippen molar-refractivity contribution in [1.82, 2.24) is 10.2 Å². The quantitative estimate of drug-likeness (QED) is 0.486. The molecule has 0 fully saturated rings. The minimum absolute atomic E-state index is 0.178. The molecule has 6 nitrogen and oxygen atoms in total. The van der Waals surface area contributed by atoms with Crippen LogP contribution in [0.25, 0.3) is 0 Å². The summed E-state index contributed by atoms with van der Waals surface area (Å²) in [6.07, 6.45) is -0.178. The molecule has 0 aliphatic carbocycles. The third kappa shape index (κ3) is 6.38. The molecule has 0 aromatic heterocycles. The highest BCUT2D eigenvalue weighted by Crippen LogP contribution is 1.87. The molecule has 1 unspecified atom stereocenters. The largest absolute Gasteiger partial charge is 0.480 e. The number of carboxylic acids is 1. The highest BCUT2D eigenvalue weighted by atomic mass is 16.4. The molecule has 0 saturated carbocycles. The van der Waals surface area contributed by atoms with Crippen molar-refractivity contribution >= 4 is 11.9 Å². The van der Waals surface area contributed by atoms with Gasteiger partial charge >= 0.3 is 5.97 Å². The normalized spacial score (nSPS) is 12.6. The van der Waals surface area contributed by atoms with Crippen LogP contribution in [-0.4, -0.2) is 55.1 Å². The fourth-order valence-corrected chi connectivity index (χ4v) is 0.778. The topological polar surface area (TPSA) is 95.7 Å². The number of rotatable bonds is 6. The molecule has 0 heterocycles. The Morgan fingerprint density at radius 3 is 2.50 bits per heavy atom. The Morgan fingerprint density at radius 1 is 1.50 bits per heavy atom. The van der Waals surface area contributed by atoms with Gasteiger partial charge in [0.25, 0.3) is 0 Å². The maximum absolute atomic E-state index is 11.1. The Hall–Kier alpha value is -1.14. The van der Waals surface area contributed by atoms with Gasteiger partial charge in [-0.3, -0.25) is 9.59 Å². The van der Waals surface area contributed by atoms with Gasteiger partial charge in [0.1, 0.15) is 6.04 Å². The highest BCUT2D eigenvalue weighted by molar-refractivity contribution is 5.84. The summed E-state index contributed by atoms with van der Waals surface area (Å²) in [5.41, 5.74) is 5.18. The van der Waals surface area contributed by atoms with Gasteiger partial charge in [-0.25, -0.2) is 0 Å². The standard InChI is InChI=1S/C8H17N3O3/c1-11(2)4-3-10-7(12)5-6(9)8(13)14/h6H,3-5,9H2,1-2H3,(H,10,12)(H,13,14). The van der Waals surface area contributed by atoms with Crippen LogP contribution in [0.5, 0.6) is 0 Å². The summed E-state index contributed by atoms with van der Waals surface area (Å²) in [5, 5.41) is 11.0. The Morgan fingerprint density at radius 2 is 2.07 bits per heavy atom. The minimum atomic E-state index is -1.16. The van der Waals surface area contributed by atoms with E-state index in [1.54, 1.807) is 0 Å². The van der Waals surface area contributed by atoms with Crippen LogP contribution < -0.4 is 11.1 Å². The van der Waals surface area contributed by atoms with Gasteiger partial charge in [0.2, 0.25) is 5.91 Å². The zero-order valence-corrected chi connectivity index (χ0v) is 8.49. The van der Waals surface area contributed by atoms with Crippen molar-refractivity contribution in [2.24, 2.45) is 5.73 Å². The number of nitrogens with one attached hydrogen (secondary N) is 1. The van der Waals surface area contributed by atoms with Crippen LogP contribution in [0.4, 0.5) is 0 Å². The summed E-state index contributed by atoms with van der Waals surface area (Å²) in [5.74, 6) is -1.49. The Balaban J connectivity index is 3.60. The van der Waals surface area contributed by atoms with Crippen molar-refractivity contribution in [3.8, 4) is 0 Å². The van der Waals surface area contributed by atoms with E-state index in [0.717, 1.165) is 0 Å². The van der Waals surface area contributed by atoms with Crippen LogP contribution in [0.1, 0.15) is 6.42 Å². The minimum Gasteiger partial charge on any atom is -0.480 e. The number of aliphatic carboxylic acids is 1. The van der Waals surface area contributed by atoms with Crippen LogP contribution in [0.15, 0.2) is 0 Å². The van der Waals surface area contributed by atoms with Crippen molar-refractivity contribution in [2.75, 3.05) is 27.2 Å². The number of carbonyl (C=O) groups is 2. The number of hydrogen-bond donors (Lipinski definition) is 3. The molecule has 0 bridgehead atoms. The first-order valence-electron chi connectivity index (χ1n) is 4.33. The van der Waals surface area contributed by atoms with Crippen LogP contribution in [0.2, 0.25) is 0 Å². The second-order valence-electron chi connectivity index (χ2n) is 3.30. The van der Waals surface area contributed by atoms with E-state index in [1.165, 1.54) is 0 Å². The first-order valence-corrected chi connectivity index (χ1v) is 4.33. The zero-order valence-electron chi connectivity index (χ0n) is 8.49. The fraction of sp³-hybridized carbons (Fsp3) is 0.750. The van der Waals surface area contributed by atoms with Gasteiger partial charge < -0.3 is 21.1 Å². The van der Waals surface area contributed by atoms with Crippen LogP contribution in [0.3, 0.4) is 0 Å². The van der Waals surface area contributed by atoms with Gasteiger partial charge in [-0.05, 0) is 14.1 Å². The average molecular weight is 203 g/mol. The summed E-state index contributed by atoms with van der Waals surface area (Å²) in [4.78, 5) is 23.3. The van der Waals surface area contributed by atoms with E-state index in [9.17, 15) is 9.59 Å². The number of amides is 1. The van der Waals surface area contributed by atoms with Gasteiger partial charge in [-0.1, -0.05) is 0 Å². The number of carbonyl (C=O) groups excluding carboxylic acids is 1. The lowest BCUT2D eigenvalue weighted by atomic mass is 10.2. The molecule has 0 saturated heterocycles. The second-order valence-corrected chi connectivity index (χ2v) is 3.30. The van der Waals surface area contributed by atoms with Gasteiger partial charge in [0.05, 0.1) is 6.42 Å². The molecule has 0 radical (unpaired) electrons. The molecule has 0 aromatic rings. The predicted molar refractivity (Wildman–Crippen MR) is 51.8 cm³/mol. The summed E-state index contributed by atoms with van der Waals surface area (Å²) in [6.45, 7) is 1.21. The second kappa shape index (κ2) is 6.33. The molecule has 1 amide bonds. The third-order valence-corrected chi connectivity index (χ3v) is 1.60. The molecule has 0 aliphatic heterocycles. The van der Waals surface area contributed by atoms with E-state index >= 15 is 0 Å². The van der Waals surface area contributed by atoms with Gasteiger partial charge in [0.15, 0.2) is 0 Å². The molecule has 0 aromatic carbocycles. The number of nitrogens with zero attached hydrogens (tertiary/aromatic N) is 1. The van der Waals surface area contributed by atoms with Gasteiger partial charge in [-0.2, -0.15) is 0 Å². The molecular weight excluding hydrogens is 186 g/mol. The Labute approximate surface area is 83.1 Å². The SMILES string of the molecule is CN(C)CCNC(=O)CC(N)C(=O)O. The van der Waals surface area contributed by atoms with Crippen molar-refractivity contribution in [2.45, 2.75) is 12.5 Å². The van der Waals surface area contributed by atoms with E-state index < -0.39 is 12.0 Å². The van der Waals surface area contributed by atoms with E-state index in [1.807, 2.05) is 19.0 Å². The lowest BCUT2D eigenvalue weighted by Gasteiger charge is -2.11. The lowest BCUT2D eigenvalue weighted by Crippen LogP contribution is -2.38. The first-order chi connectivity index (χ1) is 6.43. The van der Waals surface area contributed by atoms with Crippen molar-refractivity contribution in [3.63, 3.8) is 0 Å². The Bertz CT molecular complexity index is 206. The number of likely N-dealkylation sites (N-methyl/N-ethyl adjacent to an activating group) is 1. The molecule has 0 aliphatic rings. The van der Waals surface area contributed by atoms with E-state index in [2.05, 4.69) is 5.32 Å². The van der Waals surface area contributed by atoms with E-state index in [4.69, 9.17) is 10.8 Å². The van der Waals surface area contributed by atoms with Gasteiger partial charge in [0, 0.05) is 13.1 Å². The van der Waals surface area contributed by atoms with Crippen LogP contribution >= 0.6 is 0 Å².